The zero-order chi connectivity index (χ0) is 16.3. The number of hydrogen-bond acceptors (Lipinski definition) is 3. The van der Waals surface area contributed by atoms with E-state index in [-0.39, 0.29) is 10.7 Å². The Morgan fingerprint density at radius 1 is 1.00 bits per heavy atom. The third-order valence-corrected chi connectivity index (χ3v) is 4.89. The summed E-state index contributed by atoms with van der Waals surface area (Å²) >= 11 is 0. The van der Waals surface area contributed by atoms with Crippen LogP contribution in [0.5, 0.6) is 0 Å². The van der Waals surface area contributed by atoms with E-state index < -0.39 is 10.0 Å². The Labute approximate surface area is 131 Å². The SMILES string of the molecule is CCC(=O)c1ccc(S(=O)(=O)Nc2c(C)cccc2C)cc1. The lowest BCUT2D eigenvalue weighted by Gasteiger charge is -2.13. The molecule has 0 unspecified atom stereocenters. The number of aryl methyl sites for hydroxylation is 2. The molecule has 2 aromatic carbocycles. The lowest BCUT2D eigenvalue weighted by atomic mass is 10.1. The number of benzene rings is 2. The predicted molar refractivity (Wildman–Crippen MR) is 87.8 cm³/mol. The first-order valence-corrected chi connectivity index (χ1v) is 8.55. The summed E-state index contributed by atoms with van der Waals surface area (Å²) < 4.78 is 27.5. The zero-order valence-corrected chi connectivity index (χ0v) is 13.7. The summed E-state index contributed by atoms with van der Waals surface area (Å²) in [5.74, 6) is -0.00773. The van der Waals surface area contributed by atoms with Crippen LogP contribution in [0.1, 0.15) is 34.8 Å². The molecule has 2 rings (SSSR count). The second-order valence-corrected chi connectivity index (χ2v) is 6.86. The summed E-state index contributed by atoms with van der Waals surface area (Å²) in [6.45, 7) is 5.48. The van der Waals surface area contributed by atoms with E-state index in [1.54, 1.807) is 19.1 Å². The Bertz CT molecular complexity index is 773. The van der Waals surface area contributed by atoms with Crippen LogP contribution in [0.15, 0.2) is 47.4 Å². The summed E-state index contributed by atoms with van der Waals surface area (Å²) in [6, 6.07) is 11.6. The van der Waals surface area contributed by atoms with E-state index in [0.29, 0.717) is 17.7 Å². The van der Waals surface area contributed by atoms with Crippen LogP contribution >= 0.6 is 0 Å². The van der Waals surface area contributed by atoms with E-state index in [4.69, 9.17) is 0 Å². The standard InChI is InChI=1S/C17H19NO3S/c1-4-16(19)14-8-10-15(11-9-14)22(20,21)18-17-12(2)6-5-7-13(17)3/h5-11,18H,4H2,1-3H3. The summed E-state index contributed by atoms with van der Waals surface area (Å²) in [4.78, 5) is 11.7. The van der Waals surface area contributed by atoms with Gasteiger partial charge in [-0.15, -0.1) is 0 Å². The maximum Gasteiger partial charge on any atom is 0.261 e. The molecule has 0 fully saturated rings. The van der Waals surface area contributed by atoms with Crippen LogP contribution in [0.4, 0.5) is 5.69 Å². The highest BCUT2D eigenvalue weighted by molar-refractivity contribution is 7.92. The van der Waals surface area contributed by atoms with Crippen LogP contribution in [-0.2, 0) is 10.0 Å². The molecule has 1 N–H and O–H groups in total. The van der Waals surface area contributed by atoms with Crippen molar-refractivity contribution in [3.8, 4) is 0 Å². The van der Waals surface area contributed by atoms with Crippen molar-refractivity contribution in [3.05, 3.63) is 59.2 Å². The highest BCUT2D eigenvalue weighted by atomic mass is 32.2. The molecule has 4 nitrogen and oxygen atoms in total. The van der Waals surface area contributed by atoms with E-state index in [2.05, 4.69) is 4.72 Å². The van der Waals surface area contributed by atoms with E-state index in [1.165, 1.54) is 12.1 Å². The second-order valence-electron chi connectivity index (χ2n) is 5.17. The van der Waals surface area contributed by atoms with Crippen molar-refractivity contribution in [1.82, 2.24) is 0 Å². The van der Waals surface area contributed by atoms with Crippen molar-refractivity contribution >= 4 is 21.5 Å². The molecule has 0 aliphatic carbocycles. The van der Waals surface area contributed by atoms with Gasteiger partial charge in [-0.3, -0.25) is 9.52 Å². The van der Waals surface area contributed by atoms with Gasteiger partial charge in [-0.05, 0) is 37.1 Å². The minimum atomic E-state index is -3.67. The number of sulfonamides is 1. The van der Waals surface area contributed by atoms with Gasteiger partial charge in [0.05, 0.1) is 10.6 Å². The van der Waals surface area contributed by atoms with Gasteiger partial charge >= 0.3 is 0 Å². The molecule has 0 aliphatic rings. The minimum Gasteiger partial charge on any atom is -0.294 e. The maximum absolute atomic E-state index is 12.5. The second kappa shape index (κ2) is 6.32. The van der Waals surface area contributed by atoms with Crippen molar-refractivity contribution in [1.29, 1.82) is 0 Å². The summed E-state index contributed by atoms with van der Waals surface area (Å²) in [5.41, 5.74) is 2.84. The topological polar surface area (TPSA) is 63.2 Å². The van der Waals surface area contributed by atoms with Crippen LogP contribution in [0.2, 0.25) is 0 Å². The fourth-order valence-corrected chi connectivity index (χ4v) is 3.40. The van der Waals surface area contributed by atoms with Crippen LogP contribution in [0.25, 0.3) is 0 Å². The molecule has 0 atom stereocenters. The number of Topliss-reactive ketones (excluding diaryl/α,β-unsaturated/α-hetero) is 1. The molecule has 0 spiro atoms. The van der Waals surface area contributed by atoms with Gasteiger partial charge < -0.3 is 0 Å². The molecular formula is C17H19NO3S. The van der Waals surface area contributed by atoms with Crippen molar-refractivity contribution in [3.63, 3.8) is 0 Å². The summed E-state index contributed by atoms with van der Waals surface area (Å²) in [7, 11) is -3.67. The van der Waals surface area contributed by atoms with Crippen molar-refractivity contribution < 1.29 is 13.2 Å². The first kappa shape index (κ1) is 16.2. The normalized spacial score (nSPS) is 11.2. The van der Waals surface area contributed by atoms with Gasteiger partial charge in [0.1, 0.15) is 0 Å². The van der Waals surface area contributed by atoms with Crippen molar-refractivity contribution in [2.45, 2.75) is 32.1 Å². The fourth-order valence-electron chi connectivity index (χ4n) is 2.19. The number of rotatable bonds is 5. The number of anilines is 1. The molecular weight excluding hydrogens is 298 g/mol. The molecule has 116 valence electrons. The molecule has 0 amide bonds. The summed E-state index contributed by atoms with van der Waals surface area (Å²) in [5, 5.41) is 0. The third-order valence-electron chi connectivity index (χ3n) is 3.53. The van der Waals surface area contributed by atoms with Gasteiger partial charge in [0.15, 0.2) is 5.78 Å². The van der Waals surface area contributed by atoms with E-state index >= 15 is 0 Å². The number of nitrogens with one attached hydrogen (secondary N) is 1. The van der Waals surface area contributed by atoms with Gasteiger partial charge in [-0.1, -0.05) is 37.3 Å². The van der Waals surface area contributed by atoms with E-state index in [0.717, 1.165) is 11.1 Å². The van der Waals surface area contributed by atoms with Gasteiger partial charge in [-0.2, -0.15) is 0 Å². The first-order valence-electron chi connectivity index (χ1n) is 7.07. The Kier molecular flexibility index (Phi) is 4.66. The first-order chi connectivity index (χ1) is 10.3. The Hall–Kier alpha value is -2.14. The quantitative estimate of drug-likeness (QED) is 0.855. The molecule has 0 aromatic heterocycles. The average molecular weight is 317 g/mol. The number of carbonyl (C=O) groups is 1. The molecule has 5 heteroatoms. The van der Waals surface area contributed by atoms with Crippen LogP contribution < -0.4 is 4.72 Å². The maximum atomic E-state index is 12.5. The van der Waals surface area contributed by atoms with Gasteiger partial charge in [0.2, 0.25) is 0 Å². The van der Waals surface area contributed by atoms with Gasteiger partial charge in [-0.25, -0.2) is 8.42 Å². The van der Waals surface area contributed by atoms with Crippen molar-refractivity contribution in [2.75, 3.05) is 4.72 Å². The zero-order valence-electron chi connectivity index (χ0n) is 12.9. The molecule has 2 aromatic rings. The molecule has 22 heavy (non-hydrogen) atoms. The van der Waals surface area contributed by atoms with Crippen LogP contribution in [0, 0.1) is 13.8 Å². The smallest absolute Gasteiger partial charge is 0.261 e. The molecule has 0 aliphatic heterocycles. The molecule has 0 radical (unpaired) electrons. The van der Waals surface area contributed by atoms with Gasteiger partial charge in [0, 0.05) is 12.0 Å². The number of para-hydroxylation sites is 1. The fraction of sp³-hybridized carbons (Fsp3) is 0.235. The van der Waals surface area contributed by atoms with E-state index in [1.807, 2.05) is 32.0 Å². The predicted octanol–water partition coefficient (Wildman–Crippen LogP) is 3.70. The monoisotopic (exact) mass is 317 g/mol. The molecule has 0 saturated heterocycles. The Morgan fingerprint density at radius 3 is 2.05 bits per heavy atom. The van der Waals surface area contributed by atoms with Crippen LogP contribution in [0.3, 0.4) is 0 Å². The van der Waals surface area contributed by atoms with E-state index in [9.17, 15) is 13.2 Å². The summed E-state index contributed by atoms with van der Waals surface area (Å²) in [6.07, 6.45) is 0.396. The molecule has 0 heterocycles. The molecule has 0 saturated carbocycles. The number of carbonyl (C=O) groups excluding carboxylic acids is 1. The Morgan fingerprint density at radius 2 is 1.55 bits per heavy atom. The lowest BCUT2D eigenvalue weighted by Crippen LogP contribution is -2.14. The van der Waals surface area contributed by atoms with Crippen LogP contribution in [-0.4, -0.2) is 14.2 Å². The third kappa shape index (κ3) is 3.36. The largest absolute Gasteiger partial charge is 0.294 e. The van der Waals surface area contributed by atoms with Crippen molar-refractivity contribution in [2.24, 2.45) is 0 Å². The Balaban J connectivity index is 2.33. The highest BCUT2D eigenvalue weighted by Crippen LogP contribution is 2.23. The lowest BCUT2D eigenvalue weighted by molar-refractivity contribution is 0.0988. The molecule has 0 bridgehead atoms. The number of ketones is 1. The van der Waals surface area contributed by atoms with Gasteiger partial charge in [0.25, 0.3) is 10.0 Å². The highest BCUT2D eigenvalue weighted by Gasteiger charge is 2.17. The number of hydrogen-bond donors (Lipinski definition) is 1. The minimum absolute atomic E-state index is 0.00773. The average Bonchev–Trinajstić information content (AvgIpc) is 2.50.